The highest BCUT2D eigenvalue weighted by Gasteiger charge is 2.28. The molecular weight excluding hydrogens is 270 g/mol. The fraction of sp³-hybridized carbons (Fsp3) is 0. The summed E-state index contributed by atoms with van der Waals surface area (Å²) in [5, 5.41) is 19.5. The first-order valence-corrected chi connectivity index (χ1v) is 4.46. The smallest absolute Gasteiger partial charge is 0.258 e. The van der Waals surface area contributed by atoms with Crippen LogP contribution in [-0.2, 0) is 0 Å². The highest BCUT2D eigenvalue weighted by molar-refractivity contribution is 6.46. The van der Waals surface area contributed by atoms with Crippen LogP contribution >= 0.6 is 34.8 Å². The third-order valence-corrected chi connectivity index (χ3v) is 2.63. The molecule has 1 aromatic rings. The Morgan fingerprint density at radius 1 is 1.00 bits per heavy atom. The third kappa shape index (κ3) is 2.11. The van der Waals surface area contributed by atoms with Crippen LogP contribution in [0, 0.1) is 20.2 Å². The lowest BCUT2D eigenvalue weighted by Crippen LogP contribution is -1.95. The van der Waals surface area contributed by atoms with Gasteiger partial charge in [-0.3, -0.25) is 20.2 Å². The zero-order valence-corrected chi connectivity index (χ0v) is 9.01. The summed E-state index contributed by atoms with van der Waals surface area (Å²) in [7, 11) is 0. The van der Waals surface area contributed by atoms with Gasteiger partial charge in [-0.15, -0.1) is 0 Å². The molecule has 80 valence electrons. The molecule has 0 heterocycles. The van der Waals surface area contributed by atoms with Crippen LogP contribution in [0.4, 0.5) is 11.4 Å². The second kappa shape index (κ2) is 4.18. The number of hydrogen-bond donors (Lipinski definition) is 0. The number of halogens is 3. The summed E-state index contributed by atoms with van der Waals surface area (Å²) in [6.07, 6.45) is 0. The molecule has 0 aromatic heterocycles. The molecular formula is C6HCl3N2O4. The number of nitro groups is 2. The minimum Gasteiger partial charge on any atom is -0.258 e. The highest BCUT2D eigenvalue weighted by atomic mass is 35.5. The molecule has 0 radical (unpaired) electrons. The van der Waals surface area contributed by atoms with Gasteiger partial charge in [0.25, 0.3) is 5.69 Å². The Kier molecular flexibility index (Phi) is 3.33. The molecule has 0 spiro atoms. The van der Waals surface area contributed by atoms with Gasteiger partial charge < -0.3 is 0 Å². The van der Waals surface area contributed by atoms with Crippen LogP contribution in [0.15, 0.2) is 6.07 Å². The van der Waals surface area contributed by atoms with E-state index in [9.17, 15) is 20.2 Å². The third-order valence-electron chi connectivity index (χ3n) is 1.49. The molecule has 0 saturated heterocycles. The Bertz CT molecular complexity index is 462. The van der Waals surface area contributed by atoms with E-state index in [4.69, 9.17) is 34.8 Å². The molecule has 0 aliphatic carbocycles. The topological polar surface area (TPSA) is 86.3 Å². The zero-order valence-electron chi connectivity index (χ0n) is 6.74. The van der Waals surface area contributed by atoms with Crippen molar-refractivity contribution in [1.82, 2.24) is 0 Å². The molecule has 0 bridgehead atoms. The lowest BCUT2D eigenvalue weighted by molar-refractivity contribution is -0.388. The Labute approximate surface area is 97.6 Å². The van der Waals surface area contributed by atoms with Crippen molar-refractivity contribution in [1.29, 1.82) is 0 Å². The van der Waals surface area contributed by atoms with Gasteiger partial charge in [0, 0.05) is 6.07 Å². The number of nitrogens with zero attached hydrogens (tertiary/aromatic N) is 2. The number of hydrogen-bond acceptors (Lipinski definition) is 4. The quantitative estimate of drug-likeness (QED) is 0.468. The van der Waals surface area contributed by atoms with Crippen LogP contribution in [0.2, 0.25) is 15.1 Å². The van der Waals surface area contributed by atoms with Gasteiger partial charge in [-0.25, -0.2) is 0 Å². The molecule has 6 nitrogen and oxygen atoms in total. The van der Waals surface area contributed by atoms with E-state index >= 15 is 0 Å². The van der Waals surface area contributed by atoms with Crippen LogP contribution in [-0.4, -0.2) is 9.85 Å². The van der Waals surface area contributed by atoms with Gasteiger partial charge in [-0.2, -0.15) is 0 Å². The van der Waals surface area contributed by atoms with E-state index in [1.165, 1.54) is 0 Å². The standard InChI is InChI=1S/C6HCl3N2O4/c7-2-1-3(10(12)13)4(8)5(9)6(2)11(14)15/h1H. The maximum absolute atomic E-state index is 10.5. The molecule has 0 fully saturated rings. The fourth-order valence-electron chi connectivity index (χ4n) is 0.873. The molecule has 0 amide bonds. The average Bonchev–Trinajstić information content (AvgIpc) is 2.10. The van der Waals surface area contributed by atoms with Crippen molar-refractivity contribution in [2.45, 2.75) is 0 Å². The maximum Gasteiger partial charge on any atom is 0.308 e. The summed E-state index contributed by atoms with van der Waals surface area (Å²) >= 11 is 16.4. The van der Waals surface area contributed by atoms with Crippen molar-refractivity contribution in [2.24, 2.45) is 0 Å². The van der Waals surface area contributed by atoms with Gasteiger partial charge in [0.15, 0.2) is 0 Å². The number of rotatable bonds is 2. The summed E-state index contributed by atoms with van der Waals surface area (Å²) in [5.41, 5.74) is -1.22. The Hall–Kier alpha value is -1.11. The van der Waals surface area contributed by atoms with Crippen molar-refractivity contribution < 1.29 is 9.85 Å². The first kappa shape index (κ1) is 12.0. The normalized spacial score (nSPS) is 10.1. The molecule has 0 aliphatic heterocycles. The van der Waals surface area contributed by atoms with E-state index in [-0.39, 0.29) is 0 Å². The minimum atomic E-state index is -0.861. The molecule has 0 atom stereocenters. The van der Waals surface area contributed by atoms with Gasteiger partial charge >= 0.3 is 5.69 Å². The molecule has 15 heavy (non-hydrogen) atoms. The Morgan fingerprint density at radius 3 is 1.93 bits per heavy atom. The molecule has 0 unspecified atom stereocenters. The van der Waals surface area contributed by atoms with E-state index in [0.29, 0.717) is 0 Å². The second-order valence-electron chi connectivity index (χ2n) is 2.37. The van der Waals surface area contributed by atoms with Gasteiger partial charge in [-0.05, 0) is 0 Å². The van der Waals surface area contributed by atoms with Crippen LogP contribution < -0.4 is 0 Å². The van der Waals surface area contributed by atoms with Gasteiger partial charge in [0.2, 0.25) is 0 Å². The average molecular weight is 271 g/mol. The van der Waals surface area contributed by atoms with E-state index in [1.54, 1.807) is 0 Å². The van der Waals surface area contributed by atoms with E-state index < -0.39 is 36.3 Å². The highest BCUT2D eigenvalue weighted by Crippen LogP contribution is 2.43. The molecule has 9 heteroatoms. The van der Waals surface area contributed by atoms with Crippen molar-refractivity contribution >= 4 is 46.2 Å². The van der Waals surface area contributed by atoms with Crippen LogP contribution in [0.1, 0.15) is 0 Å². The molecule has 0 N–H and O–H groups in total. The van der Waals surface area contributed by atoms with E-state index in [1.807, 2.05) is 0 Å². The fourth-order valence-corrected chi connectivity index (χ4v) is 1.67. The number of benzene rings is 1. The molecule has 0 aliphatic rings. The van der Waals surface area contributed by atoms with Gasteiger partial charge in [0.05, 0.1) is 9.85 Å². The summed E-state index contributed by atoms with van der Waals surface area (Å²) < 4.78 is 0. The predicted molar refractivity (Wildman–Crippen MR) is 54.8 cm³/mol. The van der Waals surface area contributed by atoms with Crippen LogP contribution in [0.25, 0.3) is 0 Å². The first-order chi connectivity index (χ1) is 6.86. The van der Waals surface area contributed by atoms with Crippen molar-refractivity contribution in [3.05, 3.63) is 41.4 Å². The second-order valence-corrected chi connectivity index (χ2v) is 3.53. The van der Waals surface area contributed by atoms with Crippen LogP contribution in [0.3, 0.4) is 0 Å². The first-order valence-electron chi connectivity index (χ1n) is 3.32. The largest absolute Gasteiger partial charge is 0.308 e. The monoisotopic (exact) mass is 270 g/mol. The van der Waals surface area contributed by atoms with Gasteiger partial charge in [-0.1, -0.05) is 34.8 Å². The maximum atomic E-state index is 10.5. The molecule has 0 saturated carbocycles. The minimum absolute atomic E-state index is 0.430. The van der Waals surface area contributed by atoms with E-state index in [2.05, 4.69) is 0 Å². The molecule has 1 aromatic carbocycles. The summed E-state index contributed by atoms with van der Waals surface area (Å²) in [6, 6.07) is 0.786. The lowest BCUT2D eigenvalue weighted by atomic mass is 10.3. The number of nitro benzene ring substituents is 2. The summed E-state index contributed by atoms with van der Waals surface area (Å²) in [4.78, 5) is 19.2. The van der Waals surface area contributed by atoms with Gasteiger partial charge in [0.1, 0.15) is 15.1 Å². The van der Waals surface area contributed by atoms with Crippen molar-refractivity contribution in [3.8, 4) is 0 Å². The summed E-state index contributed by atoms with van der Waals surface area (Å²) in [5.74, 6) is 0. The zero-order chi connectivity index (χ0) is 11.7. The summed E-state index contributed by atoms with van der Waals surface area (Å²) in [6.45, 7) is 0. The van der Waals surface area contributed by atoms with Crippen molar-refractivity contribution in [3.63, 3.8) is 0 Å². The van der Waals surface area contributed by atoms with Crippen LogP contribution in [0.5, 0.6) is 0 Å². The van der Waals surface area contributed by atoms with Crippen molar-refractivity contribution in [2.75, 3.05) is 0 Å². The Balaban J connectivity index is 3.58. The van der Waals surface area contributed by atoms with E-state index in [0.717, 1.165) is 6.07 Å². The molecule has 1 rings (SSSR count). The predicted octanol–water partition coefficient (Wildman–Crippen LogP) is 3.46. The Morgan fingerprint density at radius 2 is 1.53 bits per heavy atom. The SMILES string of the molecule is O=[N+]([O-])c1cc(Cl)c([N+](=O)[O-])c(Cl)c1Cl. The lowest BCUT2D eigenvalue weighted by Gasteiger charge is -2.01.